The van der Waals surface area contributed by atoms with E-state index in [1.807, 2.05) is 30.3 Å². The molecule has 4 aromatic rings. The van der Waals surface area contributed by atoms with Gasteiger partial charge in [-0.25, -0.2) is 22.2 Å². The van der Waals surface area contributed by atoms with E-state index in [0.717, 1.165) is 32.9 Å². The van der Waals surface area contributed by atoms with E-state index in [1.165, 1.54) is 11.3 Å². The number of rotatable bonds is 4. The van der Waals surface area contributed by atoms with Crippen LogP contribution in [-0.2, 0) is 10.0 Å². The molecule has 0 radical (unpaired) electrons. The molecular weight excluding hydrogens is 390 g/mol. The zero-order valence-electron chi connectivity index (χ0n) is 13.7. The van der Waals surface area contributed by atoms with Crippen LogP contribution < -0.4 is 4.72 Å². The molecule has 0 spiro atoms. The van der Waals surface area contributed by atoms with Gasteiger partial charge in [-0.3, -0.25) is 4.72 Å². The van der Waals surface area contributed by atoms with Gasteiger partial charge in [0.1, 0.15) is 5.01 Å². The minimum atomic E-state index is -4.05. The van der Waals surface area contributed by atoms with Crippen molar-refractivity contribution in [1.29, 1.82) is 0 Å². The molecule has 4 nitrogen and oxygen atoms in total. The van der Waals surface area contributed by atoms with Crippen molar-refractivity contribution in [2.45, 2.75) is 4.90 Å². The first-order valence-corrected chi connectivity index (χ1v) is 10.2. The topological polar surface area (TPSA) is 59.1 Å². The summed E-state index contributed by atoms with van der Waals surface area (Å²) in [6.45, 7) is 0. The van der Waals surface area contributed by atoms with Crippen LogP contribution in [0.2, 0.25) is 0 Å². The lowest BCUT2D eigenvalue weighted by Crippen LogP contribution is -2.13. The van der Waals surface area contributed by atoms with Gasteiger partial charge in [-0.1, -0.05) is 24.3 Å². The van der Waals surface area contributed by atoms with E-state index in [1.54, 1.807) is 18.2 Å². The van der Waals surface area contributed by atoms with Crippen molar-refractivity contribution in [3.05, 3.63) is 78.4 Å². The van der Waals surface area contributed by atoms with Gasteiger partial charge in [0.25, 0.3) is 10.0 Å². The van der Waals surface area contributed by atoms with Crippen molar-refractivity contribution in [2.75, 3.05) is 4.72 Å². The number of sulfonamides is 1. The normalized spacial score (nSPS) is 11.6. The quantitative estimate of drug-likeness (QED) is 0.520. The minimum absolute atomic E-state index is 0.302. The molecule has 4 rings (SSSR count). The lowest BCUT2D eigenvalue weighted by molar-refractivity contribution is 0.504. The van der Waals surface area contributed by atoms with Crippen LogP contribution in [0.25, 0.3) is 20.8 Å². The Kier molecular flexibility index (Phi) is 4.37. The summed E-state index contributed by atoms with van der Waals surface area (Å²) in [5, 5.41) is 0.755. The molecule has 1 N–H and O–H groups in total. The third-order valence-corrected chi connectivity index (χ3v) is 6.32. The number of hydrogen-bond donors (Lipinski definition) is 1. The number of halogens is 2. The van der Waals surface area contributed by atoms with Crippen molar-refractivity contribution in [1.82, 2.24) is 4.98 Å². The summed E-state index contributed by atoms with van der Waals surface area (Å²) in [6.07, 6.45) is 0. The highest BCUT2D eigenvalue weighted by Gasteiger charge is 2.17. The second kappa shape index (κ2) is 6.71. The summed E-state index contributed by atoms with van der Waals surface area (Å²) in [5.41, 5.74) is 1.92. The van der Waals surface area contributed by atoms with Crippen LogP contribution in [0, 0.1) is 11.6 Å². The van der Waals surface area contributed by atoms with Crippen LogP contribution in [-0.4, -0.2) is 13.4 Å². The molecule has 8 heteroatoms. The first-order chi connectivity index (χ1) is 12.9. The number of thiazole rings is 1. The molecule has 0 atom stereocenters. The van der Waals surface area contributed by atoms with Gasteiger partial charge >= 0.3 is 0 Å². The Hall–Kier alpha value is -2.84. The summed E-state index contributed by atoms with van der Waals surface area (Å²) >= 11 is 1.50. The molecule has 0 saturated carbocycles. The van der Waals surface area contributed by atoms with Gasteiger partial charge in [-0.15, -0.1) is 11.3 Å². The molecular formula is C19H12F2N2O2S2. The molecule has 27 heavy (non-hydrogen) atoms. The molecule has 0 aliphatic rings. The van der Waals surface area contributed by atoms with Crippen molar-refractivity contribution >= 4 is 37.3 Å². The second-order valence-electron chi connectivity index (χ2n) is 5.75. The monoisotopic (exact) mass is 402 g/mol. The fourth-order valence-electron chi connectivity index (χ4n) is 2.57. The van der Waals surface area contributed by atoms with E-state index in [-0.39, 0.29) is 4.90 Å². The van der Waals surface area contributed by atoms with E-state index < -0.39 is 21.7 Å². The Morgan fingerprint density at radius 2 is 1.70 bits per heavy atom. The first-order valence-electron chi connectivity index (χ1n) is 7.86. The van der Waals surface area contributed by atoms with Crippen molar-refractivity contribution in [3.63, 3.8) is 0 Å². The van der Waals surface area contributed by atoms with Gasteiger partial charge in [-0.2, -0.15) is 0 Å². The number of fused-ring (bicyclic) bond motifs is 1. The first kappa shape index (κ1) is 17.6. The van der Waals surface area contributed by atoms with Crippen molar-refractivity contribution < 1.29 is 17.2 Å². The number of hydrogen-bond acceptors (Lipinski definition) is 4. The maximum atomic E-state index is 13.4. The number of aromatic nitrogens is 1. The van der Waals surface area contributed by atoms with Gasteiger partial charge in [0.05, 0.1) is 15.1 Å². The highest BCUT2D eigenvalue weighted by Crippen LogP contribution is 2.31. The van der Waals surface area contributed by atoms with Crippen molar-refractivity contribution in [3.8, 4) is 10.6 Å². The van der Waals surface area contributed by atoms with Crippen LogP contribution in [0.3, 0.4) is 0 Å². The predicted molar refractivity (Wildman–Crippen MR) is 102 cm³/mol. The van der Waals surface area contributed by atoms with E-state index in [4.69, 9.17) is 0 Å². The molecule has 0 saturated heterocycles. The molecule has 1 heterocycles. The average molecular weight is 402 g/mol. The number of nitrogens with zero attached hydrogens (tertiary/aromatic N) is 1. The standard InChI is InChI=1S/C19H12F2N2O2S2/c20-15-9-8-14(11-16(15)21)27(24,25)23-13-5-3-4-12(10-13)19-22-17-6-1-2-7-18(17)26-19/h1-11,23H. The highest BCUT2D eigenvalue weighted by molar-refractivity contribution is 7.92. The molecule has 0 amide bonds. The molecule has 1 aromatic heterocycles. The Bertz CT molecular complexity index is 1220. The zero-order chi connectivity index (χ0) is 19.0. The summed E-state index contributed by atoms with van der Waals surface area (Å²) in [5.74, 6) is -2.33. The van der Waals surface area contributed by atoms with E-state index in [9.17, 15) is 17.2 Å². The lowest BCUT2D eigenvalue weighted by Gasteiger charge is -2.09. The van der Waals surface area contributed by atoms with Crippen LogP contribution in [0.4, 0.5) is 14.5 Å². The molecule has 136 valence electrons. The van der Waals surface area contributed by atoms with Crippen LogP contribution >= 0.6 is 11.3 Å². The second-order valence-corrected chi connectivity index (χ2v) is 8.46. The Morgan fingerprint density at radius 1 is 0.889 bits per heavy atom. The zero-order valence-corrected chi connectivity index (χ0v) is 15.3. The number of benzene rings is 3. The van der Waals surface area contributed by atoms with Gasteiger partial charge in [0.15, 0.2) is 11.6 Å². The summed E-state index contributed by atoms with van der Waals surface area (Å²) < 4.78 is 54.7. The average Bonchev–Trinajstić information content (AvgIpc) is 3.08. The van der Waals surface area contributed by atoms with Gasteiger partial charge < -0.3 is 0 Å². The van der Waals surface area contributed by atoms with Crippen molar-refractivity contribution in [2.24, 2.45) is 0 Å². The lowest BCUT2D eigenvalue weighted by atomic mass is 10.2. The fraction of sp³-hybridized carbons (Fsp3) is 0. The third-order valence-electron chi connectivity index (χ3n) is 3.86. The van der Waals surface area contributed by atoms with E-state index in [0.29, 0.717) is 11.8 Å². The third kappa shape index (κ3) is 3.54. The van der Waals surface area contributed by atoms with E-state index >= 15 is 0 Å². The molecule has 3 aromatic carbocycles. The molecule has 0 aliphatic carbocycles. The van der Waals surface area contributed by atoms with Crippen LogP contribution in [0.1, 0.15) is 0 Å². The van der Waals surface area contributed by atoms with Gasteiger partial charge in [-0.05, 0) is 42.5 Å². The summed E-state index contributed by atoms with van der Waals surface area (Å²) in [4.78, 5) is 4.20. The molecule has 0 bridgehead atoms. The Morgan fingerprint density at radius 3 is 2.48 bits per heavy atom. The number of para-hydroxylation sites is 1. The minimum Gasteiger partial charge on any atom is -0.280 e. The SMILES string of the molecule is O=S(=O)(Nc1cccc(-c2nc3ccccc3s2)c1)c1ccc(F)c(F)c1. The smallest absolute Gasteiger partial charge is 0.261 e. The maximum absolute atomic E-state index is 13.4. The highest BCUT2D eigenvalue weighted by atomic mass is 32.2. The fourth-order valence-corrected chi connectivity index (χ4v) is 4.59. The van der Waals surface area contributed by atoms with Crippen LogP contribution in [0.5, 0.6) is 0 Å². The maximum Gasteiger partial charge on any atom is 0.261 e. The number of nitrogens with one attached hydrogen (secondary N) is 1. The van der Waals surface area contributed by atoms with E-state index in [2.05, 4.69) is 9.71 Å². The largest absolute Gasteiger partial charge is 0.280 e. The molecule has 0 unspecified atom stereocenters. The molecule has 0 aliphatic heterocycles. The predicted octanol–water partition coefficient (Wildman–Crippen LogP) is 5.04. The molecule has 0 fully saturated rings. The number of anilines is 1. The van der Waals surface area contributed by atoms with Gasteiger partial charge in [0, 0.05) is 11.3 Å². The Balaban J connectivity index is 1.67. The summed E-state index contributed by atoms with van der Waals surface area (Å²) in [6, 6.07) is 16.9. The summed E-state index contributed by atoms with van der Waals surface area (Å²) in [7, 11) is -4.05. The Labute approximate surface area is 158 Å². The van der Waals surface area contributed by atoms with Crippen LogP contribution in [0.15, 0.2) is 71.6 Å². The van der Waals surface area contributed by atoms with Gasteiger partial charge in [0.2, 0.25) is 0 Å².